The maximum absolute atomic E-state index is 10.6. The monoisotopic (exact) mass is 506 g/mol. The van der Waals surface area contributed by atoms with Crippen molar-refractivity contribution >= 4 is 0 Å². The zero-order chi connectivity index (χ0) is 26.7. The highest BCUT2D eigenvalue weighted by atomic mass is 16.3. The molecule has 3 saturated carbocycles. The second kappa shape index (κ2) is 12.0. The van der Waals surface area contributed by atoms with Crippen LogP contribution in [0.4, 0.5) is 0 Å². The highest BCUT2D eigenvalue weighted by Gasteiger charge is 2.51. The third kappa shape index (κ3) is 7.89. The molecule has 3 fully saturated rings. The molecule has 3 aliphatic rings. The number of aliphatic hydroxyl groups excluding tert-OH is 3. The zero-order valence-corrected chi connectivity index (χ0v) is 23.5. The molecule has 0 heterocycles. The van der Waals surface area contributed by atoms with Gasteiger partial charge >= 0.3 is 0 Å². The van der Waals surface area contributed by atoms with Crippen LogP contribution in [-0.2, 0) is 0 Å². The second-order valence-corrected chi connectivity index (χ2v) is 13.8. The Kier molecular flexibility index (Phi) is 9.93. The molecule has 3 aliphatic carbocycles. The maximum Gasteiger partial charge on any atom is 0.0849 e. The van der Waals surface area contributed by atoms with Crippen molar-refractivity contribution in [3.63, 3.8) is 0 Å². The SMILES string of the molecule is CC(C)(O)CCC[C@@H](CC[C@@H](O)C(C)(C)O)[C@H]1CC[C@H]2/C(=C/C=C3C[C@@H](O)C[C@H](O)C3)CCC[C@]12C. The molecule has 0 bridgehead atoms. The number of hydrogen-bond donors (Lipinski definition) is 5. The fraction of sp³-hybridized carbons (Fsp3) is 0.871. The minimum absolute atomic E-state index is 0.229. The third-order valence-corrected chi connectivity index (χ3v) is 9.67. The lowest BCUT2D eigenvalue weighted by Crippen LogP contribution is -2.39. The molecule has 208 valence electrons. The van der Waals surface area contributed by atoms with E-state index in [1.807, 2.05) is 13.8 Å². The summed E-state index contributed by atoms with van der Waals surface area (Å²) in [6, 6.07) is 0. The molecule has 0 aromatic heterocycles. The molecule has 5 nitrogen and oxygen atoms in total. The van der Waals surface area contributed by atoms with Gasteiger partial charge in [-0.05, 0) is 121 Å². The summed E-state index contributed by atoms with van der Waals surface area (Å²) in [5, 5.41) is 51.3. The van der Waals surface area contributed by atoms with Crippen LogP contribution in [0.25, 0.3) is 0 Å². The van der Waals surface area contributed by atoms with Crippen LogP contribution in [0, 0.1) is 23.2 Å². The molecule has 3 rings (SSSR count). The highest BCUT2D eigenvalue weighted by molar-refractivity contribution is 5.26. The molecule has 0 saturated heterocycles. The molecule has 0 unspecified atom stereocenters. The van der Waals surface area contributed by atoms with Gasteiger partial charge in [-0.2, -0.15) is 0 Å². The Morgan fingerprint density at radius 2 is 1.64 bits per heavy atom. The summed E-state index contributed by atoms with van der Waals surface area (Å²) in [5.41, 5.74) is 1.16. The lowest BCUT2D eigenvalue weighted by Gasteiger charge is -2.45. The van der Waals surface area contributed by atoms with Crippen LogP contribution in [0.3, 0.4) is 0 Å². The van der Waals surface area contributed by atoms with Crippen molar-refractivity contribution in [3.05, 3.63) is 23.3 Å². The van der Waals surface area contributed by atoms with E-state index in [9.17, 15) is 25.5 Å². The Balaban J connectivity index is 1.76. The van der Waals surface area contributed by atoms with Gasteiger partial charge in [0.25, 0.3) is 0 Å². The van der Waals surface area contributed by atoms with Gasteiger partial charge in [0.15, 0.2) is 0 Å². The lowest BCUT2D eigenvalue weighted by atomic mass is 9.60. The topological polar surface area (TPSA) is 101 Å². The first-order chi connectivity index (χ1) is 16.7. The molecule has 36 heavy (non-hydrogen) atoms. The van der Waals surface area contributed by atoms with Crippen molar-refractivity contribution < 1.29 is 25.5 Å². The van der Waals surface area contributed by atoms with Gasteiger partial charge in [0.05, 0.1) is 29.5 Å². The van der Waals surface area contributed by atoms with E-state index < -0.39 is 29.5 Å². The van der Waals surface area contributed by atoms with Gasteiger partial charge in [0.1, 0.15) is 0 Å². The van der Waals surface area contributed by atoms with Crippen molar-refractivity contribution in [2.45, 2.75) is 148 Å². The van der Waals surface area contributed by atoms with Gasteiger partial charge in [-0.3, -0.25) is 0 Å². The Bertz CT molecular complexity index is 761. The molecule has 0 aliphatic heterocycles. The summed E-state index contributed by atoms with van der Waals surface area (Å²) >= 11 is 0. The van der Waals surface area contributed by atoms with Crippen LogP contribution in [0.2, 0.25) is 0 Å². The average molecular weight is 507 g/mol. The van der Waals surface area contributed by atoms with E-state index in [0.717, 1.165) is 37.7 Å². The summed E-state index contributed by atoms with van der Waals surface area (Å²) in [4.78, 5) is 0. The van der Waals surface area contributed by atoms with Crippen LogP contribution < -0.4 is 0 Å². The van der Waals surface area contributed by atoms with Crippen molar-refractivity contribution in [2.75, 3.05) is 0 Å². The van der Waals surface area contributed by atoms with E-state index in [1.165, 1.54) is 31.3 Å². The fourth-order valence-electron chi connectivity index (χ4n) is 7.65. The van der Waals surface area contributed by atoms with E-state index in [4.69, 9.17) is 0 Å². The Morgan fingerprint density at radius 1 is 0.972 bits per heavy atom. The number of aliphatic hydroxyl groups is 5. The Labute approximate surface area is 219 Å². The van der Waals surface area contributed by atoms with Gasteiger partial charge in [-0.25, -0.2) is 0 Å². The first-order valence-electron chi connectivity index (χ1n) is 14.6. The van der Waals surface area contributed by atoms with Crippen molar-refractivity contribution in [2.24, 2.45) is 23.2 Å². The molecule has 0 spiro atoms. The van der Waals surface area contributed by atoms with Crippen LogP contribution >= 0.6 is 0 Å². The normalized spacial score (nSPS) is 34.5. The van der Waals surface area contributed by atoms with E-state index in [1.54, 1.807) is 13.8 Å². The summed E-state index contributed by atoms with van der Waals surface area (Å²) in [5.74, 6) is 1.61. The van der Waals surface area contributed by atoms with Crippen molar-refractivity contribution in [1.29, 1.82) is 0 Å². The number of hydrogen-bond acceptors (Lipinski definition) is 5. The first kappa shape index (κ1) is 29.8. The summed E-state index contributed by atoms with van der Waals surface area (Å²) in [6.07, 6.45) is 14.9. The molecule has 0 amide bonds. The van der Waals surface area contributed by atoms with Crippen molar-refractivity contribution in [1.82, 2.24) is 0 Å². The van der Waals surface area contributed by atoms with Crippen LogP contribution in [0.1, 0.15) is 118 Å². The molecular weight excluding hydrogens is 452 g/mol. The van der Waals surface area contributed by atoms with Gasteiger partial charge < -0.3 is 25.5 Å². The van der Waals surface area contributed by atoms with Gasteiger partial charge in [0, 0.05) is 0 Å². The fourth-order valence-corrected chi connectivity index (χ4v) is 7.65. The minimum atomic E-state index is -1.09. The average Bonchev–Trinajstić information content (AvgIpc) is 3.09. The maximum atomic E-state index is 10.6. The summed E-state index contributed by atoms with van der Waals surface area (Å²) in [7, 11) is 0. The predicted molar refractivity (Wildman–Crippen MR) is 145 cm³/mol. The minimum Gasteiger partial charge on any atom is -0.393 e. The Morgan fingerprint density at radius 3 is 2.25 bits per heavy atom. The quantitative estimate of drug-likeness (QED) is 0.272. The lowest BCUT2D eigenvalue weighted by molar-refractivity contribution is -0.0563. The third-order valence-electron chi connectivity index (χ3n) is 9.67. The molecule has 0 aromatic rings. The summed E-state index contributed by atoms with van der Waals surface area (Å²) in [6.45, 7) is 9.61. The molecule has 5 N–H and O–H groups in total. The van der Waals surface area contributed by atoms with E-state index in [0.29, 0.717) is 43.4 Å². The highest BCUT2D eigenvalue weighted by Crippen LogP contribution is 2.60. The second-order valence-electron chi connectivity index (χ2n) is 13.8. The summed E-state index contributed by atoms with van der Waals surface area (Å²) < 4.78 is 0. The number of rotatable bonds is 10. The molecule has 5 heteroatoms. The van der Waals surface area contributed by atoms with Crippen molar-refractivity contribution in [3.8, 4) is 0 Å². The molecule has 0 radical (unpaired) electrons. The number of fused-ring (bicyclic) bond motifs is 1. The van der Waals surface area contributed by atoms with Crippen LogP contribution in [-0.4, -0.2) is 55.0 Å². The Hall–Kier alpha value is -0.720. The standard InChI is InChI=1S/C31H54O5/c1-29(2,35)16-6-8-23(12-15-28(34)30(3,4)36)27-14-13-26-22(9-7-17-31(26,27)5)11-10-21-18-24(32)20-25(33)19-21/h10-11,23-28,32-36H,6-9,12-20H2,1-5H3/b22-11+/t23-,24+,25+,26-,27+,28+,31-/m0/s1. The van der Waals surface area contributed by atoms with Crippen LogP contribution in [0.15, 0.2) is 23.3 Å². The van der Waals surface area contributed by atoms with Gasteiger partial charge in [-0.15, -0.1) is 0 Å². The molecule has 0 aromatic carbocycles. The molecule has 7 atom stereocenters. The van der Waals surface area contributed by atoms with E-state index >= 15 is 0 Å². The first-order valence-corrected chi connectivity index (χ1v) is 14.6. The van der Waals surface area contributed by atoms with Gasteiger partial charge in [-0.1, -0.05) is 43.1 Å². The van der Waals surface area contributed by atoms with E-state index in [-0.39, 0.29) is 5.41 Å². The van der Waals surface area contributed by atoms with Crippen LogP contribution in [0.5, 0.6) is 0 Å². The smallest absolute Gasteiger partial charge is 0.0849 e. The zero-order valence-electron chi connectivity index (χ0n) is 23.5. The van der Waals surface area contributed by atoms with Gasteiger partial charge in [0.2, 0.25) is 0 Å². The molecular formula is C31H54O5. The van der Waals surface area contributed by atoms with E-state index in [2.05, 4.69) is 19.1 Å². The largest absolute Gasteiger partial charge is 0.393 e. The predicted octanol–water partition coefficient (Wildman–Crippen LogP) is 5.43. The number of allylic oxidation sites excluding steroid dienone is 3.